The molecule has 0 radical (unpaired) electrons. The molecule has 3 aromatic rings. The van der Waals surface area contributed by atoms with Gasteiger partial charge in [-0.2, -0.15) is 0 Å². The average molecular weight is 519 g/mol. The second-order valence-corrected chi connectivity index (χ2v) is 8.21. The molecule has 0 atom stereocenters. The van der Waals surface area contributed by atoms with Gasteiger partial charge in [0.25, 0.3) is 0 Å². The van der Waals surface area contributed by atoms with Gasteiger partial charge in [0.15, 0.2) is 0 Å². The van der Waals surface area contributed by atoms with Crippen LogP contribution in [0.1, 0.15) is 17.1 Å². The first kappa shape index (κ1) is 17.2. The molecule has 1 aromatic heterocycles. The van der Waals surface area contributed by atoms with Gasteiger partial charge in [0.2, 0.25) is 0 Å². The van der Waals surface area contributed by atoms with Gasteiger partial charge in [-0.1, -0.05) is 39.7 Å². The third-order valence-corrected chi connectivity index (χ3v) is 6.24. The summed E-state index contributed by atoms with van der Waals surface area (Å²) in [7, 11) is 0. The predicted octanol–water partition coefficient (Wildman–Crippen LogP) is 6.92. The number of H-pyrrole nitrogens is 1. The van der Waals surface area contributed by atoms with Crippen molar-refractivity contribution < 1.29 is 0 Å². The van der Waals surface area contributed by atoms with Crippen molar-refractivity contribution in [3.63, 3.8) is 0 Å². The molecule has 1 N–H and O–H groups in total. The number of aromatic amines is 1. The number of hydrogen-bond donors (Lipinski definition) is 1. The molecule has 0 saturated carbocycles. The molecule has 0 aliphatic heterocycles. The van der Waals surface area contributed by atoms with Crippen molar-refractivity contribution in [1.82, 2.24) is 9.97 Å². The Labute approximate surface area is 165 Å². The Bertz CT molecular complexity index is 857. The summed E-state index contributed by atoms with van der Waals surface area (Å²) >= 11 is 16.6. The van der Waals surface area contributed by atoms with E-state index in [9.17, 15) is 0 Å². The maximum Gasteiger partial charge on any atom is 0.111 e. The van der Waals surface area contributed by atoms with Gasteiger partial charge in [-0.3, -0.25) is 0 Å². The number of halogens is 4. The number of nitrogens with zero attached hydrogens (tertiary/aromatic N) is 1. The first-order valence-corrected chi connectivity index (χ1v) is 9.64. The van der Waals surface area contributed by atoms with Crippen molar-refractivity contribution in [2.24, 2.45) is 0 Å². The summed E-state index contributed by atoms with van der Waals surface area (Å²) in [5.41, 5.74) is 4.22. The fourth-order valence-corrected chi connectivity index (χ4v) is 4.02. The Balaban J connectivity index is 1.95. The van der Waals surface area contributed by atoms with Crippen LogP contribution in [0.3, 0.4) is 0 Å². The SMILES string of the molecule is Cc1[nH]c(Cc2ccc(Cl)cc2)nc1-c1cc(Br)c(Br)cc1Br. The van der Waals surface area contributed by atoms with Crippen molar-refractivity contribution >= 4 is 59.4 Å². The minimum atomic E-state index is 0.743. The zero-order valence-corrected chi connectivity index (χ0v) is 17.6. The molecule has 0 bridgehead atoms. The molecule has 3 rings (SSSR count). The summed E-state index contributed by atoms with van der Waals surface area (Å²) in [5, 5.41) is 0.744. The smallest absolute Gasteiger partial charge is 0.111 e. The molecular formula is C17H12Br3ClN2. The van der Waals surface area contributed by atoms with Gasteiger partial charge >= 0.3 is 0 Å². The quantitative estimate of drug-likeness (QED) is 0.374. The Morgan fingerprint density at radius 3 is 2.35 bits per heavy atom. The summed E-state index contributed by atoms with van der Waals surface area (Å²) in [6.45, 7) is 2.04. The van der Waals surface area contributed by atoms with E-state index in [1.54, 1.807) is 0 Å². The first-order valence-electron chi connectivity index (χ1n) is 6.89. The Morgan fingerprint density at radius 1 is 1.00 bits per heavy atom. The highest BCUT2D eigenvalue weighted by Crippen LogP contribution is 2.36. The normalized spacial score (nSPS) is 11.0. The van der Waals surface area contributed by atoms with Crippen LogP contribution in [-0.2, 0) is 6.42 Å². The van der Waals surface area contributed by atoms with E-state index in [1.807, 2.05) is 37.3 Å². The molecule has 23 heavy (non-hydrogen) atoms. The lowest BCUT2D eigenvalue weighted by Crippen LogP contribution is -1.90. The highest BCUT2D eigenvalue weighted by atomic mass is 79.9. The van der Waals surface area contributed by atoms with Gasteiger partial charge in [0.05, 0.1) is 5.69 Å². The van der Waals surface area contributed by atoms with Crippen LogP contribution in [-0.4, -0.2) is 9.97 Å². The molecule has 1 heterocycles. The minimum Gasteiger partial charge on any atom is -0.345 e. The Morgan fingerprint density at radius 2 is 1.65 bits per heavy atom. The molecule has 0 unspecified atom stereocenters. The lowest BCUT2D eigenvalue weighted by Gasteiger charge is -2.05. The van der Waals surface area contributed by atoms with E-state index in [2.05, 4.69) is 58.8 Å². The van der Waals surface area contributed by atoms with Crippen molar-refractivity contribution in [2.45, 2.75) is 13.3 Å². The average Bonchev–Trinajstić information content (AvgIpc) is 2.86. The van der Waals surface area contributed by atoms with Crippen LogP contribution in [0.15, 0.2) is 49.8 Å². The molecule has 118 valence electrons. The van der Waals surface area contributed by atoms with E-state index in [1.165, 1.54) is 5.56 Å². The molecule has 0 spiro atoms. The number of aromatic nitrogens is 2. The van der Waals surface area contributed by atoms with Crippen LogP contribution in [0, 0.1) is 6.92 Å². The highest BCUT2D eigenvalue weighted by Gasteiger charge is 2.14. The zero-order chi connectivity index (χ0) is 16.6. The van der Waals surface area contributed by atoms with E-state index < -0.39 is 0 Å². The zero-order valence-electron chi connectivity index (χ0n) is 12.1. The van der Waals surface area contributed by atoms with E-state index in [4.69, 9.17) is 16.6 Å². The van der Waals surface area contributed by atoms with Gasteiger partial charge in [-0.25, -0.2) is 4.98 Å². The highest BCUT2D eigenvalue weighted by molar-refractivity contribution is 9.13. The largest absolute Gasteiger partial charge is 0.345 e. The topological polar surface area (TPSA) is 28.7 Å². The molecule has 0 amide bonds. The number of benzene rings is 2. The van der Waals surface area contributed by atoms with Crippen molar-refractivity contribution in [3.05, 3.63) is 71.9 Å². The van der Waals surface area contributed by atoms with E-state index >= 15 is 0 Å². The molecule has 0 fully saturated rings. The second-order valence-electron chi connectivity index (χ2n) is 5.21. The van der Waals surface area contributed by atoms with Crippen LogP contribution >= 0.6 is 59.4 Å². The maximum atomic E-state index is 5.93. The number of imidazole rings is 1. The third kappa shape index (κ3) is 3.90. The summed E-state index contributed by atoms with van der Waals surface area (Å²) in [6.07, 6.45) is 0.743. The maximum absolute atomic E-state index is 5.93. The van der Waals surface area contributed by atoms with Gasteiger partial charge < -0.3 is 4.98 Å². The number of rotatable bonds is 3. The van der Waals surface area contributed by atoms with Crippen LogP contribution < -0.4 is 0 Å². The molecular weight excluding hydrogens is 507 g/mol. The molecule has 0 aliphatic carbocycles. The van der Waals surface area contributed by atoms with Crippen LogP contribution in [0.2, 0.25) is 5.02 Å². The summed E-state index contributed by atoms with van der Waals surface area (Å²) in [4.78, 5) is 8.15. The predicted molar refractivity (Wildman–Crippen MR) is 106 cm³/mol. The third-order valence-electron chi connectivity index (χ3n) is 3.48. The Hall–Kier alpha value is -0.620. The van der Waals surface area contributed by atoms with Crippen LogP contribution in [0.25, 0.3) is 11.3 Å². The van der Waals surface area contributed by atoms with Gasteiger partial charge in [-0.05, 0) is 68.6 Å². The van der Waals surface area contributed by atoms with Crippen LogP contribution in [0.5, 0.6) is 0 Å². The molecule has 2 nitrogen and oxygen atoms in total. The molecule has 0 aliphatic rings. The fourth-order valence-electron chi connectivity index (χ4n) is 2.37. The summed E-state index contributed by atoms with van der Waals surface area (Å²) in [5.74, 6) is 0.936. The van der Waals surface area contributed by atoms with Gasteiger partial charge in [0.1, 0.15) is 5.82 Å². The Kier molecular flexibility index (Phi) is 5.31. The fraction of sp³-hybridized carbons (Fsp3) is 0.118. The second kappa shape index (κ2) is 7.09. The van der Waals surface area contributed by atoms with Crippen molar-refractivity contribution in [2.75, 3.05) is 0 Å². The first-order chi connectivity index (χ1) is 10.9. The van der Waals surface area contributed by atoms with Crippen molar-refractivity contribution in [3.8, 4) is 11.3 Å². The molecule has 0 saturated heterocycles. The molecule has 2 aromatic carbocycles. The standard InChI is InChI=1S/C17H12Br3ClN2/c1-9-17(12-7-14(19)15(20)8-13(12)18)23-16(22-9)6-10-2-4-11(21)5-3-10/h2-5,7-8H,6H2,1H3,(H,22,23). The monoisotopic (exact) mass is 516 g/mol. The lowest BCUT2D eigenvalue weighted by molar-refractivity contribution is 1.02. The number of hydrogen-bond acceptors (Lipinski definition) is 1. The number of nitrogens with one attached hydrogen (secondary N) is 1. The van der Waals surface area contributed by atoms with E-state index in [0.717, 1.165) is 47.6 Å². The molecule has 6 heteroatoms. The minimum absolute atomic E-state index is 0.743. The van der Waals surface area contributed by atoms with Gasteiger partial charge in [-0.15, -0.1) is 0 Å². The van der Waals surface area contributed by atoms with Crippen molar-refractivity contribution in [1.29, 1.82) is 0 Å². The number of aryl methyl sites for hydroxylation is 1. The van der Waals surface area contributed by atoms with E-state index in [0.29, 0.717) is 0 Å². The van der Waals surface area contributed by atoms with Gasteiger partial charge in [0, 0.05) is 36.1 Å². The van der Waals surface area contributed by atoms with Crippen LogP contribution in [0.4, 0.5) is 0 Å². The lowest BCUT2D eigenvalue weighted by atomic mass is 10.1. The van der Waals surface area contributed by atoms with E-state index in [-0.39, 0.29) is 0 Å². The summed E-state index contributed by atoms with van der Waals surface area (Å²) < 4.78 is 3.00. The summed E-state index contributed by atoms with van der Waals surface area (Å²) in [6, 6.07) is 11.9.